The van der Waals surface area contributed by atoms with Gasteiger partial charge in [-0.05, 0) is 30.8 Å². The largest absolute Gasteiger partial charge is 0.339 e. The second kappa shape index (κ2) is 17.0. The third kappa shape index (κ3) is 13.9. The zero-order chi connectivity index (χ0) is 23.8. The number of para-hydroxylation sites is 1. The molecule has 0 saturated heterocycles. The van der Waals surface area contributed by atoms with E-state index >= 15 is 0 Å². The Labute approximate surface area is 218 Å². The summed E-state index contributed by atoms with van der Waals surface area (Å²) in [5.41, 5.74) is 0.613. The van der Waals surface area contributed by atoms with Gasteiger partial charge in [0, 0.05) is 6.42 Å². The highest BCUT2D eigenvalue weighted by atomic mass is 35.6. The van der Waals surface area contributed by atoms with Crippen LogP contribution in [0.3, 0.4) is 0 Å². The van der Waals surface area contributed by atoms with E-state index in [1.54, 1.807) is 12.1 Å². The van der Waals surface area contributed by atoms with Gasteiger partial charge in [-0.2, -0.15) is 0 Å². The second-order valence-electron chi connectivity index (χ2n) is 7.91. The Morgan fingerprint density at radius 2 is 1.44 bits per heavy atom. The Bertz CT molecular complexity index is 685. The summed E-state index contributed by atoms with van der Waals surface area (Å²) >= 11 is 29.5. The molecule has 0 aliphatic heterocycles. The summed E-state index contributed by atoms with van der Waals surface area (Å²) in [4.78, 5) is 12.3. The van der Waals surface area contributed by atoms with E-state index in [0.717, 1.165) is 19.3 Å². The number of amides is 1. The number of hydrogen-bond acceptors (Lipinski definition) is 2. The van der Waals surface area contributed by atoms with Gasteiger partial charge in [-0.3, -0.25) is 4.79 Å². The zero-order valence-electron chi connectivity index (χ0n) is 18.7. The molecule has 0 aliphatic carbocycles. The van der Waals surface area contributed by atoms with Crippen molar-refractivity contribution in [1.82, 2.24) is 10.6 Å². The maximum atomic E-state index is 12.3. The van der Waals surface area contributed by atoms with Crippen LogP contribution in [0.15, 0.2) is 24.3 Å². The Morgan fingerprint density at radius 3 is 1.97 bits per heavy atom. The number of benzene rings is 1. The minimum Gasteiger partial charge on any atom is -0.339 e. The average Bonchev–Trinajstić information content (AvgIpc) is 2.72. The van der Waals surface area contributed by atoms with Crippen LogP contribution in [-0.4, -0.2) is 21.0 Å². The minimum atomic E-state index is -1.78. The van der Waals surface area contributed by atoms with Gasteiger partial charge in [-0.15, -0.1) is 0 Å². The molecule has 32 heavy (non-hydrogen) atoms. The van der Waals surface area contributed by atoms with Gasteiger partial charge in [-0.1, -0.05) is 130 Å². The van der Waals surface area contributed by atoms with Crippen LogP contribution < -0.4 is 16.0 Å². The van der Waals surface area contributed by atoms with Crippen molar-refractivity contribution in [2.24, 2.45) is 0 Å². The average molecular weight is 543 g/mol. The molecular weight excluding hydrogens is 508 g/mol. The first kappa shape index (κ1) is 29.6. The Morgan fingerprint density at radius 1 is 0.906 bits per heavy atom. The lowest BCUT2D eigenvalue weighted by molar-refractivity contribution is -0.122. The summed E-state index contributed by atoms with van der Waals surface area (Å²) in [5, 5.41) is 9.18. The number of unbranched alkanes of at least 4 members (excludes halogenated alkanes) is 10. The Hall–Kier alpha value is -0.460. The van der Waals surface area contributed by atoms with Crippen LogP contribution in [0.25, 0.3) is 0 Å². The van der Waals surface area contributed by atoms with E-state index in [4.69, 9.17) is 58.6 Å². The number of thiocarbonyl (C=S) groups is 1. The van der Waals surface area contributed by atoms with Crippen molar-refractivity contribution >= 4 is 75.3 Å². The molecule has 0 fully saturated rings. The third-order valence-electron chi connectivity index (χ3n) is 5.04. The van der Waals surface area contributed by atoms with Crippen molar-refractivity contribution < 1.29 is 4.79 Å². The van der Waals surface area contributed by atoms with Crippen molar-refractivity contribution in [2.45, 2.75) is 93.9 Å². The number of carbonyl (C=O) groups excluding carboxylic acids is 1. The standard InChI is InChI=1S/C23H35Cl4N3OS/c1-2-3-4-5-6-7-8-9-10-11-12-17-20(31)29-21(23(25,26)27)30-22(32)28-19-16-14-13-15-18(19)24/h13-16,21H,2-12,17H2,1H3,(H,29,31)(H2,28,30,32)/t21-/m0/s1. The predicted octanol–water partition coefficient (Wildman–Crippen LogP) is 8.14. The van der Waals surface area contributed by atoms with E-state index < -0.39 is 9.96 Å². The van der Waals surface area contributed by atoms with Crippen molar-refractivity contribution in [3.05, 3.63) is 29.3 Å². The number of rotatable bonds is 15. The summed E-state index contributed by atoms with van der Waals surface area (Å²) in [5.74, 6) is -0.190. The molecular formula is C23H35Cl4N3OS. The van der Waals surface area contributed by atoms with Crippen molar-refractivity contribution in [2.75, 3.05) is 5.32 Å². The maximum Gasteiger partial charge on any atom is 0.228 e. The van der Waals surface area contributed by atoms with Gasteiger partial charge >= 0.3 is 0 Å². The summed E-state index contributed by atoms with van der Waals surface area (Å²) in [6.45, 7) is 2.24. The predicted molar refractivity (Wildman–Crippen MR) is 144 cm³/mol. The lowest BCUT2D eigenvalue weighted by Gasteiger charge is -2.28. The van der Waals surface area contributed by atoms with E-state index in [1.807, 2.05) is 12.1 Å². The van der Waals surface area contributed by atoms with Crippen molar-refractivity contribution in [1.29, 1.82) is 0 Å². The van der Waals surface area contributed by atoms with Gasteiger partial charge in [0.1, 0.15) is 6.17 Å². The molecule has 9 heteroatoms. The van der Waals surface area contributed by atoms with Crippen LogP contribution in [-0.2, 0) is 4.79 Å². The molecule has 0 radical (unpaired) electrons. The van der Waals surface area contributed by atoms with Crippen LogP contribution >= 0.6 is 58.6 Å². The van der Waals surface area contributed by atoms with Gasteiger partial charge in [0.25, 0.3) is 0 Å². The fraction of sp³-hybridized carbons (Fsp3) is 0.652. The molecule has 3 N–H and O–H groups in total. The fourth-order valence-corrected chi connectivity index (χ4v) is 3.97. The smallest absolute Gasteiger partial charge is 0.228 e. The number of alkyl halides is 3. The van der Waals surface area contributed by atoms with Gasteiger partial charge in [0.2, 0.25) is 9.70 Å². The highest BCUT2D eigenvalue weighted by Gasteiger charge is 2.34. The van der Waals surface area contributed by atoms with Crippen LogP contribution in [0.4, 0.5) is 5.69 Å². The number of nitrogens with one attached hydrogen (secondary N) is 3. The SMILES string of the molecule is CCCCCCCCCCCCCC(=O)N[C@@H](NC(=S)Nc1ccccc1Cl)C(Cl)(Cl)Cl. The van der Waals surface area contributed by atoms with E-state index in [2.05, 4.69) is 22.9 Å². The van der Waals surface area contributed by atoms with Gasteiger partial charge in [-0.25, -0.2) is 0 Å². The molecule has 0 aliphatic rings. The number of halogens is 4. The first-order valence-corrected chi connectivity index (χ1v) is 13.3. The monoisotopic (exact) mass is 541 g/mol. The Kier molecular flexibility index (Phi) is 15.8. The van der Waals surface area contributed by atoms with Crippen LogP contribution in [0.5, 0.6) is 0 Å². The number of carbonyl (C=O) groups is 1. The lowest BCUT2D eigenvalue weighted by atomic mass is 10.1. The first-order valence-electron chi connectivity index (χ1n) is 11.4. The molecule has 0 aromatic heterocycles. The molecule has 1 aromatic carbocycles. The van der Waals surface area contributed by atoms with E-state index in [0.29, 0.717) is 17.1 Å². The van der Waals surface area contributed by atoms with Gasteiger partial charge in [0.05, 0.1) is 10.7 Å². The van der Waals surface area contributed by atoms with E-state index in [1.165, 1.54) is 51.4 Å². The quantitative estimate of drug-likeness (QED) is 0.0905. The molecule has 0 heterocycles. The molecule has 0 unspecified atom stereocenters. The topological polar surface area (TPSA) is 53.2 Å². The molecule has 1 atom stereocenters. The maximum absolute atomic E-state index is 12.3. The molecule has 1 aromatic rings. The lowest BCUT2D eigenvalue weighted by Crippen LogP contribution is -2.56. The summed E-state index contributed by atoms with van der Waals surface area (Å²) < 4.78 is -1.78. The molecule has 4 nitrogen and oxygen atoms in total. The fourth-order valence-electron chi connectivity index (χ4n) is 3.23. The number of hydrogen-bond donors (Lipinski definition) is 3. The molecule has 1 amide bonds. The third-order valence-corrected chi connectivity index (χ3v) is 6.24. The van der Waals surface area contributed by atoms with Crippen molar-refractivity contribution in [3.8, 4) is 0 Å². The zero-order valence-corrected chi connectivity index (χ0v) is 22.5. The highest BCUT2D eigenvalue weighted by molar-refractivity contribution is 7.80. The molecule has 0 bridgehead atoms. The molecule has 182 valence electrons. The highest BCUT2D eigenvalue weighted by Crippen LogP contribution is 2.29. The van der Waals surface area contributed by atoms with E-state index in [9.17, 15) is 4.79 Å². The van der Waals surface area contributed by atoms with Crippen LogP contribution in [0.1, 0.15) is 84.0 Å². The molecule has 1 rings (SSSR count). The van der Waals surface area contributed by atoms with E-state index in [-0.39, 0.29) is 11.0 Å². The minimum absolute atomic E-state index is 0.185. The Balaban J connectivity index is 2.27. The summed E-state index contributed by atoms with van der Waals surface area (Å²) in [6, 6.07) is 7.13. The number of anilines is 1. The molecule has 0 spiro atoms. The summed E-state index contributed by atoms with van der Waals surface area (Å²) in [7, 11) is 0. The van der Waals surface area contributed by atoms with Crippen molar-refractivity contribution in [3.63, 3.8) is 0 Å². The normalized spacial score (nSPS) is 12.3. The van der Waals surface area contributed by atoms with Crippen LogP contribution in [0.2, 0.25) is 5.02 Å². The van der Waals surface area contributed by atoms with Crippen LogP contribution in [0, 0.1) is 0 Å². The molecule has 0 saturated carbocycles. The van der Waals surface area contributed by atoms with Gasteiger partial charge in [0.15, 0.2) is 5.11 Å². The second-order valence-corrected chi connectivity index (χ2v) is 11.1. The summed E-state index contributed by atoms with van der Waals surface area (Å²) in [6.07, 6.45) is 12.8. The first-order chi connectivity index (χ1) is 15.2. The van der Waals surface area contributed by atoms with Gasteiger partial charge < -0.3 is 16.0 Å².